The minimum atomic E-state index is -0.403. The van der Waals surface area contributed by atoms with Crippen LogP contribution in [0.4, 0.5) is 0 Å². The molecule has 0 aliphatic carbocycles. The van der Waals surface area contributed by atoms with Gasteiger partial charge in [-0.1, -0.05) is 187 Å². The highest BCUT2D eigenvalue weighted by molar-refractivity contribution is 5.76. The number of rotatable bonds is 37. The molecule has 2 aliphatic heterocycles. The van der Waals surface area contributed by atoms with Gasteiger partial charge < -0.3 is 19.3 Å². The van der Waals surface area contributed by atoms with Gasteiger partial charge in [-0.05, 0) is 72.0 Å². The Bertz CT molecular complexity index is 882. The quantitative estimate of drug-likeness (QED) is 0.0467. The van der Waals surface area contributed by atoms with E-state index in [9.17, 15) is 4.79 Å². The Balaban J connectivity index is 1.63. The standard InChI is InChI=1S/C49H94N2O3/c1-5-7-9-11-13-15-17-19-21-23-25-27-29-31-33-35-39-49(40-36-34-32-30-28-26-24-22-20-18-16-14-12-10-8-6-2)53-46-48(54-49)41-44-51(45-42-48)47(52)38-37-43-50(3)4/h7,9H,5-6,8,10-46H2,1-4H3. The van der Waals surface area contributed by atoms with Gasteiger partial charge in [0.2, 0.25) is 5.91 Å². The second-order valence-electron chi connectivity index (χ2n) is 18.0. The second kappa shape index (κ2) is 33.1. The van der Waals surface area contributed by atoms with E-state index in [1.54, 1.807) is 0 Å². The molecule has 318 valence electrons. The summed E-state index contributed by atoms with van der Waals surface area (Å²) in [6.45, 7) is 7.84. The monoisotopic (exact) mass is 759 g/mol. The Morgan fingerprint density at radius 2 is 1.00 bits per heavy atom. The number of ether oxygens (including phenoxy) is 2. The number of nitrogens with zero attached hydrogens (tertiary/aromatic N) is 2. The average molecular weight is 759 g/mol. The first kappa shape index (κ1) is 49.2. The topological polar surface area (TPSA) is 42.0 Å². The molecule has 0 aromatic carbocycles. The van der Waals surface area contributed by atoms with Crippen molar-refractivity contribution < 1.29 is 14.3 Å². The summed E-state index contributed by atoms with van der Waals surface area (Å²) >= 11 is 0. The zero-order chi connectivity index (χ0) is 38.8. The van der Waals surface area contributed by atoms with E-state index in [4.69, 9.17) is 9.47 Å². The Morgan fingerprint density at radius 3 is 1.43 bits per heavy atom. The summed E-state index contributed by atoms with van der Waals surface area (Å²) < 4.78 is 13.8. The molecule has 5 heteroatoms. The summed E-state index contributed by atoms with van der Waals surface area (Å²) in [5, 5.41) is 0. The second-order valence-corrected chi connectivity index (χ2v) is 18.0. The van der Waals surface area contributed by atoms with Crippen LogP contribution in [0, 0.1) is 0 Å². The van der Waals surface area contributed by atoms with Crippen LogP contribution in [0.1, 0.15) is 245 Å². The summed E-state index contributed by atoms with van der Waals surface area (Å²) in [7, 11) is 4.16. The highest BCUT2D eigenvalue weighted by Crippen LogP contribution is 2.44. The number of allylic oxidation sites excluding steroid dienone is 2. The molecule has 1 atom stereocenters. The van der Waals surface area contributed by atoms with Crippen molar-refractivity contribution in [3.05, 3.63) is 12.2 Å². The van der Waals surface area contributed by atoms with Crippen molar-refractivity contribution >= 4 is 5.91 Å². The molecule has 1 spiro atoms. The van der Waals surface area contributed by atoms with Crippen LogP contribution in [-0.4, -0.2) is 67.4 Å². The first-order chi connectivity index (χ1) is 26.4. The molecule has 54 heavy (non-hydrogen) atoms. The van der Waals surface area contributed by atoms with E-state index < -0.39 is 5.79 Å². The maximum absolute atomic E-state index is 12.9. The molecule has 0 saturated carbocycles. The predicted molar refractivity (Wildman–Crippen MR) is 234 cm³/mol. The number of piperidine rings is 1. The zero-order valence-electron chi connectivity index (χ0n) is 37.1. The molecular formula is C49H94N2O3. The molecule has 0 N–H and O–H groups in total. The maximum atomic E-state index is 12.9. The number of unbranched alkanes of at least 4 members (excludes halogenated alkanes) is 27. The largest absolute Gasteiger partial charge is 0.347 e. The third-order valence-corrected chi connectivity index (χ3v) is 12.5. The van der Waals surface area contributed by atoms with Gasteiger partial charge in [-0.15, -0.1) is 0 Å². The number of amides is 1. The highest BCUT2D eigenvalue weighted by atomic mass is 16.8. The van der Waals surface area contributed by atoms with Gasteiger partial charge in [0.05, 0.1) is 12.2 Å². The van der Waals surface area contributed by atoms with Gasteiger partial charge in [0.1, 0.15) is 0 Å². The van der Waals surface area contributed by atoms with Crippen molar-refractivity contribution in [3.8, 4) is 0 Å². The van der Waals surface area contributed by atoms with Gasteiger partial charge in [-0.25, -0.2) is 0 Å². The van der Waals surface area contributed by atoms with E-state index in [0.29, 0.717) is 18.9 Å². The lowest BCUT2D eigenvalue weighted by Gasteiger charge is -2.39. The van der Waals surface area contributed by atoms with Gasteiger partial charge in [0.25, 0.3) is 0 Å². The zero-order valence-corrected chi connectivity index (χ0v) is 37.1. The Labute approximate surface area is 337 Å². The normalized spacial score (nSPS) is 18.6. The fraction of sp³-hybridized carbons (Fsp3) is 0.939. The number of carbonyl (C=O) groups is 1. The lowest BCUT2D eigenvalue weighted by molar-refractivity contribution is -0.204. The minimum Gasteiger partial charge on any atom is -0.347 e. The van der Waals surface area contributed by atoms with Crippen molar-refractivity contribution in [2.75, 3.05) is 40.3 Å². The van der Waals surface area contributed by atoms with Gasteiger partial charge in [-0.3, -0.25) is 4.79 Å². The summed E-state index contributed by atoms with van der Waals surface area (Å²) in [6, 6.07) is 0. The molecule has 1 amide bonds. The first-order valence-corrected chi connectivity index (χ1v) is 24.4. The SMILES string of the molecule is CCC=CCCCCCCCCCCCCCCC1(CCCCCCCCCCCCCCCCCC)OCC2(CCN(C(=O)CCCN(C)C)CC2)O1. The smallest absolute Gasteiger partial charge is 0.222 e. The number of likely N-dealkylation sites (tertiary alicyclic amines) is 1. The van der Waals surface area contributed by atoms with Crippen LogP contribution >= 0.6 is 0 Å². The third kappa shape index (κ3) is 24.7. The van der Waals surface area contributed by atoms with Crippen LogP contribution < -0.4 is 0 Å². The van der Waals surface area contributed by atoms with Crippen molar-refractivity contribution in [2.24, 2.45) is 0 Å². The lowest BCUT2D eigenvalue weighted by atomic mass is 9.91. The minimum absolute atomic E-state index is 0.193. The molecule has 0 bridgehead atoms. The Hall–Kier alpha value is -0.910. The third-order valence-electron chi connectivity index (χ3n) is 12.5. The van der Waals surface area contributed by atoms with Crippen LogP contribution in [0.5, 0.6) is 0 Å². The van der Waals surface area contributed by atoms with Crippen molar-refractivity contribution in [1.29, 1.82) is 0 Å². The van der Waals surface area contributed by atoms with E-state index in [0.717, 1.165) is 51.7 Å². The fourth-order valence-corrected chi connectivity index (χ4v) is 8.85. The van der Waals surface area contributed by atoms with E-state index in [1.165, 1.54) is 193 Å². The first-order valence-electron chi connectivity index (χ1n) is 24.4. The van der Waals surface area contributed by atoms with Gasteiger partial charge in [0.15, 0.2) is 5.79 Å². The molecule has 2 saturated heterocycles. The van der Waals surface area contributed by atoms with Crippen LogP contribution in [-0.2, 0) is 14.3 Å². The van der Waals surface area contributed by atoms with Crippen LogP contribution in [0.3, 0.4) is 0 Å². The molecule has 1 unspecified atom stereocenters. The van der Waals surface area contributed by atoms with Crippen molar-refractivity contribution in [2.45, 2.75) is 256 Å². The molecule has 0 aromatic heterocycles. The van der Waals surface area contributed by atoms with E-state index in [2.05, 4.69) is 49.9 Å². The van der Waals surface area contributed by atoms with E-state index in [1.807, 2.05) is 0 Å². The number of carbonyl (C=O) groups excluding carboxylic acids is 1. The lowest BCUT2D eigenvalue weighted by Crippen LogP contribution is -2.49. The van der Waals surface area contributed by atoms with Crippen LogP contribution in [0.25, 0.3) is 0 Å². The van der Waals surface area contributed by atoms with Gasteiger partial charge in [0, 0.05) is 32.4 Å². The van der Waals surface area contributed by atoms with Gasteiger partial charge >= 0.3 is 0 Å². The number of hydrogen-bond acceptors (Lipinski definition) is 4. The van der Waals surface area contributed by atoms with Crippen molar-refractivity contribution in [3.63, 3.8) is 0 Å². The summed E-state index contributed by atoms with van der Waals surface area (Å²) in [5.74, 6) is -0.0868. The number of hydrogen-bond donors (Lipinski definition) is 0. The van der Waals surface area contributed by atoms with Crippen LogP contribution in [0.15, 0.2) is 12.2 Å². The summed E-state index contributed by atoms with van der Waals surface area (Å²) in [4.78, 5) is 17.2. The maximum Gasteiger partial charge on any atom is 0.222 e. The Kier molecular flexibility index (Phi) is 30.2. The highest BCUT2D eigenvalue weighted by Gasteiger charge is 2.51. The predicted octanol–water partition coefficient (Wildman–Crippen LogP) is 14.5. The van der Waals surface area contributed by atoms with E-state index in [-0.39, 0.29) is 5.60 Å². The van der Waals surface area contributed by atoms with Gasteiger partial charge in [-0.2, -0.15) is 0 Å². The van der Waals surface area contributed by atoms with E-state index >= 15 is 0 Å². The summed E-state index contributed by atoms with van der Waals surface area (Å²) in [6.07, 6.45) is 51.5. The Morgan fingerprint density at radius 1 is 0.574 bits per heavy atom. The molecule has 2 rings (SSSR count). The fourth-order valence-electron chi connectivity index (χ4n) is 8.85. The average Bonchev–Trinajstić information content (AvgIpc) is 3.51. The molecule has 2 fully saturated rings. The molecule has 2 aliphatic rings. The molecule has 0 radical (unpaired) electrons. The summed E-state index contributed by atoms with van der Waals surface area (Å²) in [5.41, 5.74) is -0.193. The molecule has 2 heterocycles. The molecular weight excluding hydrogens is 665 g/mol. The molecule has 0 aromatic rings. The van der Waals surface area contributed by atoms with Crippen molar-refractivity contribution in [1.82, 2.24) is 9.80 Å². The van der Waals surface area contributed by atoms with Crippen LogP contribution in [0.2, 0.25) is 0 Å². The molecule has 5 nitrogen and oxygen atoms in total.